The highest BCUT2D eigenvalue weighted by atomic mass is 35.5. The summed E-state index contributed by atoms with van der Waals surface area (Å²) in [4.78, 5) is 42.3. The third kappa shape index (κ3) is 6.55. The first-order chi connectivity index (χ1) is 22.9. The van der Waals surface area contributed by atoms with Crippen LogP contribution < -0.4 is 10.5 Å². The standard InChI is InChI=1S/C33H25ClF3N7O3S/c1-19-41-26-17-40-30(43-13-11-42(12-14-43)10-7-33(35,36)37)24(16-38)27(26)31(45)44(19)9-2-3-20-4-5-21(34)15-23(20)22-6-8-39-28-25(32(46)47)18-48-29(22)28/h4-6,8,15,17-18H,7,9-14H2,1H3,(H,46,47). The number of nitrogens with zero attached hydrogens (tertiary/aromatic N) is 7. The summed E-state index contributed by atoms with van der Waals surface area (Å²) >= 11 is 7.60. The molecule has 4 aromatic heterocycles. The number of carboxylic acid groups (broad SMARTS) is 1. The molecule has 1 aromatic carbocycles. The molecule has 0 radical (unpaired) electrons. The highest BCUT2D eigenvalue weighted by Gasteiger charge is 2.30. The molecule has 0 amide bonds. The molecule has 0 unspecified atom stereocenters. The van der Waals surface area contributed by atoms with Crippen LogP contribution in [-0.4, -0.2) is 74.4 Å². The van der Waals surface area contributed by atoms with Gasteiger partial charge in [-0.05, 0) is 31.2 Å². The number of hydrogen-bond donors (Lipinski definition) is 1. The lowest BCUT2D eigenvalue weighted by molar-refractivity contribution is -0.138. The Balaban J connectivity index is 1.31. The van der Waals surface area contributed by atoms with E-state index in [-0.39, 0.29) is 40.9 Å². The summed E-state index contributed by atoms with van der Waals surface area (Å²) in [5.74, 6) is 5.72. The molecule has 1 aliphatic rings. The average molecular weight is 692 g/mol. The zero-order chi connectivity index (χ0) is 34.2. The van der Waals surface area contributed by atoms with Gasteiger partial charge in [0.2, 0.25) is 0 Å². The molecule has 15 heteroatoms. The third-order valence-electron chi connectivity index (χ3n) is 8.08. The highest BCUT2D eigenvalue weighted by molar-refractivity contribution is 7.18. The molecule has 0 spiro atoms. The summed E-state index contributed by atoms with van der Waals surface area (Å²) in [7, 11) is 0. The number of nitriles is 1. The molecule has 5 aromatic rings. The fourth-order valence-corrected chi connectivity index (χ4v) is 6.87. The number of anilines is 1. The van der Waals surface area contributed by atoms with Crippen molar-refractivity contribution in [3.63, 3.8) is 0 Å². The van der Waals surface area contributed by atoms with Crippen molar-refractivity contribution in [2.75, 3.05) is 37.6 Å². The molecule has 0 bridgehead atoms. The Morgan fingerprint density at radius 3 is 2.62 bits per heavy atom. The van der Waals surface area contributed by atoms with Gasteiger partial charge in [-0.25, -0.2) is 14.8 Å². The predicted molar refractivity (Wildman–Crippen MR) is 176 cm³/mol. The summed E-state index contributed by atoms with van der Waals surface area (Å²) in [5.41, 5.74) is 2.27. The zero-order valence-corrected chi connectivity index (χ0v) is 26.9. The van der Waals surface area contributed by atoms with Crippen LogP contribution >= 0.6 is 22.9 Å². The molecule has 6 rings (SSSR count). The largest absolute Gasteiger partial charge is 0.478 e. The van der Waals surface area contributed by atoms with Gasteiger partial charge >= 0.3 is 12.1 Å². The van der Waals surface area contributed by atoms with Gasteiger partial charge in [-0.1, -0.05) is 23.4 Å². The minimum absolute atomic E-state index is 0.0498. The monoisotopic (exact) mass is 691 g/mol. The molecule has 0 aliphatic carbocycles. The second-order valence-corrected chi connectivity index (χ2v) is 12.4. The van der Waals surface area contributed by atoms with Gasteiger partial charge in [0, 0.05) is 66.0 Å². The number of carbonyl (C=O) groups is 1. The first-order valence-corrected chi connectivity index (χ1v) is 15.9. The number of halogens is 4. The van der Waals surface area contributed by atoms with Gasteiger partial charge in [-0.15, -0.1) is 11.3 Å². The van der Waals surface area contributed by atoms with Crippen molar-refractivity contribution in [3.8, 4) is 29.0 Å². The number of aromatic carboxylic acids is 1. The van der Waals surface area contributed by atoms with Crippen molar-refractivity contribution in [3.05, 3.63) is 79.9 Å². The van der Waals surface area contributed by atoms with Crippen LogP contribution in [-0.2, 0) is 6.54 Å². The number of carboxylic acids is 1. The molecule has 1 saturated heterocycles. The fourth-order valence-electron chi connectivity index (χ4n) is 5.67. The molecule has 0 saturated carbocycles. The van der Waals surface area contributed by atoms with E-state index in [1.54, 1.807) is 41.0 Å². The van der Waals surface area contributed by atoms with Crippen molar-refractivity contribution >= 4 is 55.8 Å². The Hall–Kier alpha value is -5.02. The Morgan fingerprint density at radius 1 is 1.15 bits per heavy atom. The van der Waals surface area contributed by atoms with E-state index in [4.69, 9.17) is 11.6 Å². The number of hydrogen-bond acceptors (Lipinski definition) is 9. The van der Waals surface area contributed by atoms with Crippen molar-refractivity contribution in [1.82, 2.24) is 24.4 Å². The Bertz CT molecular complexity index is 2240. The number of benzene rings is 1. The first-order valence-electron chi connectivity index (χ1n) is 14.7. The summed E-state index contributed by atoms with van der Waals surface area (Å²) in [5, 5.41) is 21.8. The Kier molecular flexibility index (Phi) is 9.07. The van der Waals surface area contributed by atoms with E-state index in [1.807, 2.05) is 0 Å². The number of thiophene rings is 1. The van der Waals surface area contributed by atoms with E-state index in [0.29, 0.717) is 63.9 Å². The van der Waals surface area contributed by atoms with E-state index in [9.17, 15) is 33.1 Å². The minimum Gasteiger partial charge on any atom is -0.478 e. The summed E-state index contributed by atoms with van der Waals surface area (Å²) in [6.45, 7) is 2.91. The zero-order valence-electron chi connectivity index (χ0n) is 25.3. The van der Waals surface area contributed by atoms with Crippen LogP contribution in [0.15, 0.2) is 46.8 Å². The van der Waals surface area contributed by atoms with Crippen LogP contribution in [0.2, 0.25) is 5.02 Å². The lowest BCUT2D eigenvalue weighted by Gasteiger charge is -2.35. The van der Waals surface area contributed by atoms with Gasteiger partial charge in [0.15, 0.2) is 0 Å². The van der Waals surface area contributed by atoms with Crippen LogP contribution in [0.25, 0.3) is 32.2 Å². The summed E-state index contributed by atoms with van der Waals surface area (Å²) < 4.78 is 40.1. The number of piperazine rings is 1. The molecular weight excluding hydrogens is 667 g/mol. The molecule has 244 valence electrons. The van der Waals surface area contributed by atoms with Gasteiger partial charge in [-0.2, -0.15) is 18.4 Å². The van der Waals surface area contributed by atoms with E-state index in [0.717, 1.165) is 0 Å². The Labute approximate surface area is 280 Å². The topological polar surface area (TPSA) is 128 Å². The smallest absolute Gasteiger partial charge is 0.390 e. The Morgan fingerprint density at radius 2 is 1.92 bits per heavy atom. The number of alkyl halides is 3. The van der Waals surface area contributed by atoms with E-state index >= 15 is 0 Å². The van der Waals surface area contributed by atoms with Crippen LogP contribution in [0.4, 0.5) is 19.0 Å². The molecule has 1 aliphatic heterocycles. The highest BCUT2D eigenvalue weighted by Crippen LogP contribution is 2.36. The van der Waals surface area contributed by atoms with Crippen LogP contribution in [0.1, 0.15) is 33.7 Å². The SMILES string of the molecule is Cc1nc2cnc(N3CCN(CCC(F)(F)F)CC3)c(C#N)c2c(=O)n1CC#Cc1ccc(Cl)cc1-c1ccnc2c(C(=O)O)csc12. The second-order valence-electron chi connectivity index (χ2n) is 11.1. The summed E-state index contributed by atoms with van der Waals surface area (Å²) in [6, 6.07) is 9.03. The average Bonchev–Trinajstić information content (AvgIpc) is 3.50. The number of pyridine rings is 2. The maximum Gasteiger partial charge on any atom is 0.390 e. The normalized spacial score (nSPS) is 13.8. The van der Waals surface area contributed by atoms with Crippen molar-refractivity contribution in [2.24, 2.45) is 0 Å². The van der Waals surface area contributed by atoms with E-state index in [2.05, 4.69) is 32.9 Å². The third-order valence-corrected chi connectivity index (χ3v) is 9.32. The molecule has 5 heterocycles. The maximum atomic E-state index is 13.8. The first kappa shape index (κ1) is 32.9. The quantitative estimate of drug-likeness (QED) is 0.222. The van der Waals surface area contributed by atoms with Crippen molar-refractivity contribution in [1.29, 1.82) is 5.26 Å². The van der Waals surface area contributed by atoms with Gasteiger partial charge in [0.05, 0.1) is 45.8 Å². The molecule has 10 nitrogen and oxygen atoms in total. The lowest BCUT2D eigenvalue weighted by Crippen LogP contribution is -2.47. The number of aromatic nitrogens is 4. The van der Waals surface area contributed by atoms with E-state index < -0.39 is 24.1 Å². The molecule has 48 heavy (non-hydrogen) atoms. The number of rotatable bonds is 6. The van der Waals surface area contributed by atoms with Gasteiger partial charge in [0.25, 0.3) is 5.56 Å². The van der Waals surface area contributed by atoms with E-state index in [1.165, 1.54) is 33.7 Å². The molecule has 0 atom stereocenters. The van der Waals surface area contributed by atoms with Crippen molar-refractivity contribution < 1.29 is 23.1 Å². The van der Waals surface area contributed by atoms with Crippen molar-refractivity contribution in [2.45, 2.75) is 26.1 Å². The van der Waals surface area contributed by atoms with Crippen LogP contribution in [0.3, 0.4) is 0 Å². The minimum atomic E-state index is -4.23. The molecule has 1 N–H and O–H groups in total. The van der Waals surface area contributed by atoms with Gasteiger partial charge < -0.3 is 10.0 Å². The summed E-state index contributed by atoms with van der Waals surface area (Å²) in [6.07, 6.45) is -2.17. The number of aryl methyl sites for hydroxylation is 1. The predicted octanol–water partition coefficient (Wildman–Crippen LogP) is 5.73. The van der Waals surface area contributed by atoms with Crippen LogP contribution in [0.5, 0.6) is 0 Å². The maximum absolute atomic E-state index is 13.8. The fraction of sp³-hybridized carbons (Fsp3) is 0.273. The van der Waals surface area contributed by atoms with Gasteiger partial charge in [-0.3, -0.25) is 19.2 Å². The number of fused-ring (bicyclic) bond motifs is 2. The second kappa shape index (κ2) is 13.2. The lowest BCUT2D eigenvalue weighted by atomic mass is 10.00. The van der Waals surface area contributed by atoms with Crippen LogP contribution in [0, 0.1) is 30.1 Å². The molecule has 1 fully saturated rings. The molecular formula is C33H25ClF3N7O3S. The van der Waals surface area contributed by atoms with Gasteiger partial charge in [0.1, 0.15) is 23.3 Å².